The van der Waals surface area contributed by atoms with Crippen LogP contribution in [0.25, 0.3) is 0 Å². The molecule has 1 unspecified atom stereocenters. The molecule has 1 aromatic heterocycles. The van der Waals surface area contributed by atoms with Gasteiger partial charge in [-0.2, -0.15) is 0 Å². The molecule has 160 valence electrons. The topological polar surface area (TPSA) is 83.5 Å². The zero-order chi connectivity index (χ0) is 20.4. The summed E-state index contributed by atoms with van der Waals surface area (Å²) in [6.45, 7) is 3.15. The number of likely N-dealkylation sites (tertiary alicyclic amines) is 1. The van der Waals surface area contributed by atoms with Gasteiger partial charge in [-0.15, -0.1) is 0 Å². The molecule has 0 N–H and O–H groups in total. The molecular weight excluding hydrogens is 388 g/mol. The van der Waals surface area contributed by atoms with Crippen LogP contribution in [0.3, 0.4) is 0 Å². The highest BCUT2D eigenvalue weighted by Crippen LogP contribution is 2.33. The molecule has 1 aliphatic carbocycles. The fourth-order valence-corrected chi connectivity index (χ4v) is 5.87. The fraction of sp³-hybridized carbons (Fsp3) is 0.762. The molecule has 0 aromatic carbocycles. The minimum Gasteiger partial charge on any atom is -0.342 e. The maximum absolute atomic E-state index is 13.1. The molecule has 3 heterocycles. The third-order valence-electron chi connectivity index (χ3n) is 6.63. The van der Waals surface area contributed by atoms with Crippen LogP contribution in [0.15, 0.2) is 11.1 Å². The summed E-state index contributed by atoms with van der Waals surface area (Å²) in [4.78, 5) is 26.5. The predicted molar refractivity (Wildman–Crippen MR) is 112 cm³/mol. The molecule has 2 aliphatic heterocycles. The zero-order valence-corrected chi connectivity index (χ0v) is 18.2. The average Bonchev–Trinajstić information content (AvgIpc) is 3.28. The van der Waals surface area contributed by atoms with E-state index in [1.54, 1.807) is 0 Å². The average molecular weight is 421 g/mol. The zero-order valence-electron chi connectivity index (χ0n) is 17.3. The van der Waals surface area contributed by atoms with Crippen LogP contribution in [0.4, 0.5) is 5.95 Å². The van der Waals surface area contributed by atoms with Gasteiger partial charge in [0, 0.05) is 44.3 Å². The second kappa shape index (κ2) is 8.58. The first kappa shape index (κ1) is 20.6. The largest absolute Gasteiger partial charge is 0.342 e. The molecule has 0 bridgehead atoms. The lowest BCUT2D eigenvalue weighted by molar-refractivity contribution is -0.137. The van der Waals surface area contributed by atoms with Gasteiger partial charge in [0.25, 0.3) is 0 Å². The van der Waals surface area contributed by atoms with Crippen molar-refractivity contribution in [2.75, 3.05) is 37.3 Å². The van der Waals surface area contributed by atoms with Crippen molar-refractivity contribution in [3.8, 4) is 0 Å². The third-order valence-corrected chi connectivity index (χ3v) is 7.75. The molecule has 1 atom stereocenters. The van der Waals surface area contributed by atoms with Gasteiger partial charge in [-0.1, -0.05) is 19.3 Å². The molecule has 4 rings (SSSR count). The maximum Gasteiger partial charge on any atom is 0.225 e. The van der Waals surface area contributed by atoms with Crippen molar-refractivity contribution in [1.29, 1.82) is 0 Å². The highest BCUT2D eigenvalue weighted by Gasteiger charge is 2.33. The molecule has 0 radical (unpaired) electrons. The van der Waals surface area contributed by atoms with Gasteiger partial charge in [0.15, 0.2) is 9.84 Å². The van der Waals surface area contributed by atoms with Gasteiger partial charge in [-0.25, -0.2) is 18.4 Å². The maximum atomic E-state index is 13.1. The van der Waals surface area contributed by atoms with Crippen LogP contribution >= 0.6 is 0 Å². The first-order chi connectivity index (χ1) is 13.9. The van der Waals surface area contributed by atoms with Gasteiger partial charge in [0.05, 0.1) is 11.9 Å². The van der Waals surface area contributed by atoms with Gasteiger partial charge in [-0.3, -0.25) is 4.79 Å². The molecule has 7 nitrogen and oxygen atoms in total. The van der Waals surface area contributed by atoms with Crippen molar-refractivity contribution < 1.29 is 13.2 Å². The van der Waals surface area contributed by atoms with Crippen LogP contribution < -0.4 is 4.90 Å². The Morgan fingerprint density at radius 1 is 1.00 bits per heavy atom. The molecule has 3 fully saturated rings. The van der Waals surface area contributed by atoms with Crippen molar-refractivity contribution in [3.05, 3.63) is 11.9 Å². The van der Waals surface area contributed by atoms with Crippen LogP contribution in [0, 0.1) is 5.92 Å². The van der Waals surface area contributed by atoms with E-state index in [4.69, 9.17) is 4.98 Å². The Bertz CT molecular complexity index is 845. The van der Waals surface area contributed by atoms with E-state index in [2.05, 4.69) is 9.88 Å². The molecule has 8 heteroatoms. The van der Waals surface area contributed by atoms with Crippen molar-refractivity contribution in [1.82, 2.24) is 14.9 Å². The number of sulfone groups is 1. The number of carbonyl (C=O) groups is 1. The summed E-state index contributed by atoms with van der Waals surface area (Å²) in [6, 6.07) is 0. The van der Waals surface area contributed by atoms with Gasteiger partial charge in [-0.05, 0) is 38.5 Å². The minimum atomic E-state index is -3.43. The normalized spacial score (nSPS) is 24.1. The highest BCUT2D eigenvalue weighted by molar-refractivity contribution is 7.90. The molecule has 1 saturated carbocycles. The van der Waals surface area contributed by atoms with Crippen LogP contribution in [0.1, 0.15) is 69.4 Å². The number of carbonyl (C=O) groups excluding carboxylic acids is 1. The van der Waals surface area contributed by atoms with Crippen LogP contribution in [-0.4, -0.2) is 61.6 Å². The van der Waals surface area contributed by atoms with E-state index in [0.717, 1.165) is 71.0 Å². The molecular formula is C21H32N4O3S. The summed E-state index contributed by atoms with van der Waals surface area (Å²) in [7, 11) is -3.43. The van der Waals surface area contributed by atoms with E-state index in [0.29, 0.717) is 18.2 Å². The minimum absolute atomic E-state index is 0.0506. The molecule has 2 saturated heterocycles. The van der Waals surface area contributed by atoms with Crippen molar-refractivity contribution >= 4 is 21.7 Å². The summed E-state index contributed by atoms with van der Waals surface area (Å²) < 4.78 is 24.8. The summed E-state index contributed by atoms with van der Waals surface area (Å²) in [6.07, 6.45) is 12.1. The van der Waals surface area contributed by atoms with Crippen LogP contribution in [-0.2, 0) is 14.6 Å². The van der Waals surface area contributed by atoms with E-state index < -0.39 is 9.84 Å². The summed E-state index contributed by atoms with van der Waals surface area (Å²) >= 11 is 0. The fourth-order valence-electron chi connectivity index (χ4n) is 5.03. The monoisotopic (exact) mass is 420 g/mol. The van der Waals surface area contributed by atoms with Crippen molar-refractivity contribution in [2.24, 2.45) is 5.92 Å². The van der Waals surface area contributed by atoms with Gasteiger partial charge in [0.2, 0.25) is 11.9 Å². The Balaban J connectivity index is 1.59. The van der Waals surface area contributed by atoms with E-state index in [9.17, 15) is 13.2 Å². The Kier molecular flexibility index (Phi) is 6.08. The Labute approximate surface area is 173 Å². The first-order valence-corrected chi connectivity index (χ1v) is 12.9. The smallest absolute Gasteiger partial charge is 0.225 e. The molecule has 1 aromatic rings. The number of aromatic nitrogens is 2. The number of piperidine rings is 1. The number of amides is 1. The second-order valence-electron chi connectivity index (χ2n) is 8.84. The van der Waals surface area contributed by atoms with E-state index in [1.807, 2.05) is 4.90 Å². The van der Waals surface area contributed by atoms with Crippen molar-refractivity contribution in [3.63, 3.8) is 0 Å². The Morgan fingerprint density at radius 3 is 2.41 bits per heavy atom. The lowest BCUT2D eigenvalue weighted by Gasteiger charge is -2.36. The van der Waals surface area contributed by atoms with Gasteiger partial charge in [0.1, 0.15) is 4.90 Å². The van der Waals surface area contributed by atoms with E-state index >= 15 is 0 Å². The lowest BCUT2D eigenvalue weighted by Crippen LogP contribution is -2.43. The number of nitrogens with zero attached hydrogens (tertiary/aromatic N) is 4. The number of hydrogen-bond donors (Lipinski definition) is 0. The summed E-state index contributed by atoms with van der Waals surface area (Å²) in [5.74, 6) is 0.970. The molecule has 0 spiro atoms. The van der Waals surface area contributed by atoms with Crippen LogP contribution in [0.5, 0.6) is 0 Å². The Morgan fingerprint density at radius 2 is 1.72 bits per heavy atom. The molecule has 3 aliphatic rings. The number of rotatable bonds is 4. The second-order valence-corrected chi connectivity index (χ2v) is 10.8. The highest BCUT2D eigenvalue weighted by atomic mass is 32.2. The lowest BCUT2D eigenvalue weighted by atomic mass is 9.87. The molecule has 1 amide bonds. The van der Waals surface area contributed by atoms with Crippen LogP contribution in [0.2, 0.25) is 0 Å². The SMILES string of the molecule is CS(=O)(=O)c1cnc(N2CCCC2)nc1C1CCCN(C(=O)C2CCCCC2)C1. The molecule has 29 heavy (non-hydrogen) atoms. The summed E-state index contributed by atoms with van der Waals surface area (Å²) in [5, 5.41) is 0. The van der Waals surface area contributed by atoms with Gasteiger partial charge >= 0.3 is 0 Å². The first-order valence-electron chi connectivity index (χ1n) is 11.0. The van der Waals surface area contributed by atoms with E-state index in [1.165, 1.54) is 18.9 Å². The number of anilines is 1. The Hall–Kier alpha value is -1.70. The third kappa shape index (κ3) is 4.57. The van der Waals surface area contributed by atoms with Gasteiger partial charge < -0.3 is 9.80 Å². The van der Waals surface area contributed by atoms with E-state index in [-0.39, 0.29) is 22.6 Å². The predicted octanol–water partition coefficient (Wildman–Crippen LogP) is 2.77. The standard InChI is InChI=1S/C21H32N4O3S/c1-29(27,28)18-14-22-21(24-11-5-6-12-24)23-19(18)17-10-7-13-25(15-17)20(26)16-8-3-2-4-9-16/h14,16-17H,2-13,15H2,1H3. The quantitative estimate of drug-likeness (QED) is 0.745. The summed E-state index contributed by atoms with van der Waals surface area (Å²) in [5.41, 5.74) is 0.602. The number of hydrogen-bond acceptors (Lipinski definition) is 6. The van der Waals surface area contributed by atoms with Crippen molar-refractivity contribution in [2.45, 2.75) is 68.6 Å².